The Morgan fingerprint density at radius 1 is 1.35 bits per heavy atom. The van der Waals surface area contributed by atoms with Gasteiger partial charge in [0.15, 0.2) is 5.96 Å². The van der Waals surface area contributed by atoms with Crippen molar-refractivity contribution in [2.45, 2.75) is 32.6 Å². The summed E-state index contributed by atoms with van der Waals surface area (Å²) in [5.41, 5.74) is 6.02. The standard InChI is InChI=1S/C13H25N3O/c1-11-3-2-4-12(9-11)10-15-13(14)16-5-7-17-8-6-16/h11-12H,2-10H2,1H3,(H2,14,15). The van der Waals surface area contributed by atoms with Gasteiger partial charge in [-0.3, -0.25) is 4.99 Å². The van der Waals surface area contributed by atoms with Crippen LogP contribution in [0, 0.1) is 11.8 Å². The Balaban J connectivity index is 1.78. The van der Waals surface area contributed by atoms with Crippen molar-refractivity contribution in [3.63, 3.8) is 0 Å². The normalized spacial score (nSPS) is 31.6. The lowest BCUT2D eigenvalue weighted by molar-refractivity contribution is 0.0673. The van der Waals surface area contributed by atoms with Crippen molar-refractivity contribution in [3.8, 4) is 0 Å². The molecule has 2 unspecified atom stereocenters. The van der Waals surface area contributed by atoms with Crippen molar-refractivity contribution in [3.05, 3.63) is 0 Å². The van der Waals surface area contributed by atoms with Gasteiger partial charge in [-0.15, -0.1) is 0 Å². The molecule has 2 fully saturated rings. The van der Waals surface area contributed by atoms with Crippen LogP contribution in [0.25, 0.3) is 0 Å². The summed E-state index contributed by atoms with van der Waals surface area (Å²) in [6.45, 7) is 6.58. The van der Waals surface area contributed by atoms with Gasteiger partial charge in [0.05, 0.1) is 13.2 Å². The molecule has 0 radical (unpaired) electrons. The molecule has 17 heavy (non-hydrogen) atoms. The topological polar surface area (TPSA) is 50.8 Å². The van der Waals surface area contributed by atoms with Crippen LogP contribution in [0.5, 0.6) is 0 Å². The number of nitrogens with two attached hydrogens (primary N) is 1. The Bertz CT molecular complexity index is 261. The molecular weight excluding hydrogens is 214 g/mol. The van der Waals surface area contributed by atoms with E-state index in [1.165, 1.54) is 25.7 Å². The third kappa shape index (κ3) is 3.87. The fraction of sp³-hybridized carbons (Fsp3) is 0.923. The van der Waals surface area contributed by atoms with E-state index in [9.17, 15) is 0 Å². The summed E-state index contributed by atoms with van der Waals surface area (Å²) in [7, 11) is 0. The molecule has 1 saturated carbocycles. The van der Waals surface area contributed by atoms with Crippen LogP contribution in [0.3, 0.4) is 0 Å². The van der Waals surface area contributed by atoms with Crippen LogP contribution in [-0.4, -0.2) is 43.7 Å². The van der Waals surface area contributed by atoms with Gasteiger partial charge < -0.3 is 15.4 Å². The van der Waals surface area contributed by atoms with Gasteiger partial charge in [-0.25, -0.2) is 0 Å². The molecule has 0 aromatic rings. The Hall–Kier alpha value is -0.770. The zero-order valence-corrected chi connectivity index (χ0v) is 10.9. The highest BCUT2D eigenvalue weighted by molar-refractivity contribution is 5.78. The van der Waals surface area contributed by atoms with Gasteiger partial charge in [0.25, 0.3) is 0 Å². The molecule has 1 heterocycles. The average Bonchev–Trinajstić information content (AvgIpc) is 2.37. The second-order valence-electron chi connectivity index (χ2n) is 5.44. The minimum atomic E-state index is 0.714. The zero-order chi connectivity index (χ0) is 12.1. The molecule has 0 aromatic carbocycles. The minimum absolute atomic E-state index is 0.714. The third-order valence-electron chi connectivity index (χ3n) is 3.89. The predicted octanol–water partition coefficient (Wildman–Crippen LogP) is 1.46. The van der Waals surface area contributed by atoms with E-state index in [4.69, 9.17) is 10.5 Å². The van der Waals surface area contributed by atoms with Crippen LogP contribution in [0.2, 0.25) is 0 Å². The van der Waals surface area contributed by atoms with E-state index in [0.29, 0.717) is 5.96 Å². The predicted molar refractivity (Wildman–Crippen MR) is 70.0 cm³/mol. The van der Waals surface area contributed by atoms with Crippen LogP contribution < -0.4 is 5.73 Å². The summed E-state index contributed by atoms with van der Waals surface area (Å²) in [4.78, 5) is 6.71. The molecule has 0 spiro atoms. The molecule has 0 aromatic heterocycles. The number of hydrogen-bond donors (Lipinski definition) is 1. The molecule has 2 rings (SSSR count). The van der Waals surface area contributed by atoms with E-state index in [2.05, 4.69) is 16.8 Å². The van der Waals surface area contributed by atoms with Crippen LogP contribution in [0.4, 0.5) is 0 Å². The van der Waals surface area contributed by atoms with Crippen molar-refractivity contribution < 1.29 is 4.74 Å². The summed E-state index contributed by atoms with van der Waals surface area (Å²) >= 11 is 0. The van der Waals surface area contributed by atoms with Gasteiger partial charge >= 0.3 is 0 Å². The minimum Gasteiger partial charge on any atom is -0.378 e. The number of hydrogen-bond acceptors (Lipinski definition) is 2. The first-order valence-electron chi connectivity index (χ1n) is 6.88. The number of morpholine rings is 1. The molecule has 4 heteroatoms. The van der Waals surface area contributed by atoms with Gasteiger partial charge in [0.1, 0.15) is 0 Å². The Labute approximate surface area is 104 Å². The van der Waals surface area contributed by atoms with Crippen LogP contribution in [-0.2, 0) is 4.74 Å². The number of ether oxygens (including phenoxy) is 1. The molecular formula is C13H25N3O. The molecule has 2 aliphatic rings. The Kier molecular flexibility index (Phi) is 4.66. The van der Waals surface area contributed by atoms with Crippen molar-refractivity contribution in [2.75, 3.05) is 32.8 Å². The highest BCUT2D eigenvalue weighted by atomic mass is 16.5. The smallest absolute Gasteiger partial charge is 0.191 e. The quantitative estimate of drug-likeness (QED) is 0.586. The monoisotopic (exact) mass is 239 g/mol. The van der Waals surface area contributed by atoms with Crippen molar-refractivity contribution in [1.29, 1.82) is 0 Å². The maximum Gasteiger partial charge on any atom is 0.191 e. The van der Waals surface area contributed by atoms with Crippen LogP contribution >= 0.6 is 0 Å². The largest absolute Gasteiger partial charge is 0.378 e. The molecule has 1 saturated heterocycles. The van der Waals surface area contributed by atoms with E-state index < -0.39 is 0 Å². The first-order chi connectivity index (χ1) is 8.25. The summed E-state index contributed by atoms with van der Waals surface area (Å²) in [6.07, 6.45) is 5.39. The first-order valence-corrected chi connectivity index (χ1v) is 6.88. The number of rotatable bonds is 2. The van der Waals surface area contributed by atoms with Crippen molar-refractivity contribution >= 4 is 5.96 Å². The van der Waals surface area contributed by atoms with E-state index in [0.717, 1.165) is 44.7 Å². The lowest BCUT2D eigenvalue weighted by Gasteiger charge is -2.29. The average molecular weight is 239 g/mol. The summed E-state index contributed by atoms with van der Waals surface area (Å²) < 4.78 is 5.31. The van der Waals surface area contributed by atoms with Gasteiger partial charge in [0.2, 0.25) is 0 Å². The summed E-state index contributed by atoms with van der Waals surface area (Å²) in [5.74, 6) is 2.33. The molecule has 1 aliphatic heterocycles. The fourth-order valence-corrected chi connectivity index (χ4v) is 2.84. The lowest BCUT2D eigenvalue weighted by atomic mass is 9.82. The highest BCUT2D eigenvalue weighted by Crippen LogP contribution is 2.28. The summed E-state index contributed by atoms with van der Waals surface area (Å²) in [6, 6.07) is 0. The molecule has 98 valence electrons. The van der Waals surface area contributed by atoms with E-state index in [-0.39, 0.29) is 0 Å². The van der Waals surface area contributed by atoms with E-state index >= 15 is 0 Å². The summed E-state index contributed by atoms with van der Waals surface area (Å²) in [5, 5.41) is 0. The molecule has 2 atom stereocenters. The Morgan fingerprint density at radius 3 is 2.82 bits per heavy atom. The SMILES string of the molecule is CC1CCCC(CN=C(N)N2CCOCC2)C1. The maximum absolute atomic E-state index is 6.02. The van der Waals surface area contributed by atoms with Crippen molar-refractivity contribution in [1.82, 2.24) is 4.90 Å². The second kappa shape index (κ2) is 6.24. The molecule has 0 amide bonds. The zero-order valence-electron chi connectivity index (χ0n) is 10.9. The number of aliphatic imine (C=N–C) groups is 1. The van der Waals surface area contributed by atoms with Gasteiger partial charge in [-0.1, -0.05) is 19.8 Å². The maximum atomic E-state index is 6.02. The van der Waals surface area contributed by atoms with Crippen LogP contribution in [0.15, 0.2) is 4.99 Å². The van der Waals surface area contributed by atoms with Gasteiger partial charge in [0, 0.05) is 19.6 Å². The van der Waals surface area contributed by atoms with E-state index in [1.54, 1.807) is 0 Å². The third-order valence-corrected chi connectivity index (χ3v) is 3.89. The molecule has 0 bridgehead atoms. The first kappa shape index (κ1) is 12.7. The highest BCUT2D eigenvalue weighted by Gasteiger charge is 2.19. The molecule has 2 N–H and O–H groups in total. The number of nitrogens with zero attached hydrogens (tertiary/aromatic N) is 2. The molecule has 1 aliphatic carbocycles. The van der Waals surface area contributed by atoms with Gasteiger partial charge in [-0.2, -0.15) is 0 Å². The lowest BCUT2D eigenvalue weighted by Crippen LogP contribution is -2.45. The van der Waals surface area contributed by atoms with E-state index in [1.807, 2.05) is 0 Å². The Morgan fingerprint density at radius 2 is 2.12 bits per heavy atom. The van der Waals surface area contributed by atoms with Crippen molar-refractivity contribution in [2.24, 2.45) is 22.6 Å². The fourth-order valence-electron chi connectivity index (χ4n) is 2.84. The van der Waals surface area contributed by atoms with Crippen LogP contribution in [0.1, 0.15) is 32.6 Å². The van der Waals surface area contributed by atoms with Gasteiger partial charge in [-0.05, 0) is 24.7 Å². The second-order valence-corrected chi connectivity index (χ2v) is 5.44. The molecule has 4 nitrogen and oxygen atoms in total. The number of guanidine groups is 1.